The van der Waals surface area contributed by atoms with Crippen molar-refractivity contribution in [3.8, 4) is 16.9 Å². The molecule has 13 nitrogen and oxygen atoms in total. The Labute approximate surface area is 336 Å². The van der Waals surface area contributed by atoms with Gasteiger partial charge in [-0.1, -0.05) is 45.0 Å². The predicted molar refractivity (Wildman–Crippen MR) is 219 cm³/mol. The number of ketones is 1. The minimum Gasteiger partial charge on any atom is -0.496 e. The molecule has 2 bridgehead atoms. The van der Waals surface area contributed by atoms with Crippen LogP contribution >= 0.6 is 0 Å². The second-order valence-corrected chi connectivity index (χ2v) is 17.3. The fourth-order valence-electron chi connectivity index (χ4n) is 9.47. The molecule has 2 unspecified atom stereocenters. The number of rotatable bonds is 15. The molecule has 4 N–H and O–H groups in total. The largest absolute Gasteiger partial charge is 0.496 e. The molecule has 57 heavy (non-hydrogen) atoms. The molecule has 0 spiro atoms. The number of pyridine rings is 1. The van der Waals surface area contributed by atoms with Crippen molar-refractivity contribution in [3.05, 3.63) is 77.6 Å². The Morgan fingerprint density at radius 2 is 1.82 bits per heavy atom. The molecular formula is C44H60N6O7. The van der Waals surface area contributed by atoms with E-state index in [4.69, 9.17) is 9.57 Å². The van der Waals surface area contributed by atoms with Crippen LogP contribution < -0.4 is 20.3 Å². The number of fused-ring (bicyclic) bond motifs is 2. The first-order chi connectivity index (χ1) is 27.0. The molecule has 13 heteroatoms. The van der Waals surface area contributed by atoms with Gasteiger partial charge in [0.25, 0.3) is 5.91 Å². The van der Waals surface area contributed by atoms with Gasteiger partial charge in [-0.2, -0.15) is 5.06 Å². The van der Waals surface area contributed by atoms with E-state index in [1.54, 1.807) is 55.6 Å². The first-order valence-electron chi connectivity index (χ1n) is 20.0. The number of carbonyl (C=O) groups excluding carboxylic acids is 3. The van der Waals surface area contributed by atoms with E-state index in [0.29, 0.717) is 45.8 Å². The Kier molecular flexibility index (Phi) is 12.7. The van der Waals surface area contributed by atoms with Gasteiger partial charge in [-0.3, -0.25) is 24.2 Å². The minimum atomic E-state index is -0.929. The Morgan fingerprint density at radius 3 is 2.42 bits per heavy atom. The fourth-order valence-corrected chi connectivity index (χ4v) is 9.47. The summed E-state index contributed by atoms with van der Waals surface area (Å²) in [7, 11) is 9.02. The van der Waals surface area contributed by atoms with Crippen molar-refractivity contribution in [1.29, 1.82) is 0 Å². The lowest BCUT2D eigenvalue weighted by atomic mass is 9.45. The molecule has 2 heterocycles. The molecule has 4 aliphatic rings. The number of anilines is 1. The van der Waals surface area contributed by atoms with Crippen molar-refractivity contribution in [2.24, 2.45) is 29.1 Å². The molecule has 9 atom stereocenters. The van der Waals surface area contributed by atoms with Crippen LogP contribution in [-0.4, -0.2) is 122 Å². The van der Waals surface area contributed by atoms with Gasteiger partial charge in [0.1, 0.15) is 29.6 Å². The van der Waals surface area contributed by atoms with Gasteiger partial charge in [0.2, 0.25) is 11.7 Å². The van der Waals surface area contributed by atoms with Crippen molar-refractivity contribution in [2.75, 3.05) is 53.4 Å². The quantitative estimate of drug-likeness (QED) is 0.165. The van der Waals surface area contributed by atoms with E-state index in [2.05, 4.69) is 36.4 Å². The molecule has 3 saturated carbocycles. The van der Waals surface area contributed by atoms with Crippen LogP contribution in [0.3, 0.4) is 0 Å². The fraction of sp³-hybridized carbons (Fsp3) is 0.545. The number of ether oxygens (including phenoxy) is 1. The van der Waals surface area contributed by atoms with Crippen molar-refractivity contribution < 1.29 is 34.2 Å². The van der Waals surface area contributed by atoms with Crippen LogP contribution in [-0.2, 0) is 16.2 Å². The highest BCUT2D eigenvalue weighted by molar-refractivity contribution is 6.04. The number of nitrogens with zero attached hydrogens (tertiary/aromatic N) is 4. The number of aliphatic hydroxyl groups is 2. The van der Waals surface area contributed by atoms with E-state index in [1.165, 1.54) is 6.42 Å². The van der Waals surface area contributed by atoms with Crippen LogP contribution in [0.5, 0.6) is 5.75 Å². The summed E-state index contributed by atoms with van der Waals surface area (Å²) in [5, 5.41) is 29.2. The lowest BCUT2D eigenvalue weighted by Gasteiger charge is -2.62. The normalized spacial score (nSPS) is 26.3. The molecule has 3 aliphatic carbocycles. The van der Waals surface area contributed by atoms with Crippen LogP contribution in [0.25, 0.3) is 11.1 Å². The molecule has 1 saturated heterocycles. The highest BCUT2D eigenvalue weighted by atomic mass is 16.7. The highest BCUT2D eigenvalue weighted by Gasteiger charge is 2.57. The van der Waals surface area contributed by atoms with Crippen molar-refractivity contribution in [1.82, 2.24) is 25.6 Å². The van der Waals surface area contributed by atoms with Gasteiger partial charge in [0.15, 0.2) is 0 Å². The van der Waals surface area contributed by atoms with Crippen LogP contribution in [0, 0.1) is 29.1 Å². The number of hydroxylamine groups is 2. The molecule has 7 rings (SSSR count). The van der Waals surface area contributed by atoms with E-state index in [0.717, 1.165) is 12.1 Å². The maximum Gasteiger partial charge on any atom is 0.252 e. The molecule has 308 valence electrons. The second-order valence-electron chi connectivity index (χ2n) is 17.3. The van der Waals surface area contributed by atoms with Crippen LogP contribution in [0.4, 0.5) is 5.69 Å². The Bertz CT molecular complexity index is 1920. The molecule has 2 aromatic carbocycles. The number of para-hydroxylation sites is 1. The summed E-state index contributed by atoms with van der Waals surface area (Å²) in [4.78, 5) is 56.0. The molecular weight excluding hydrogens is 725 g/mol. The second kappa shape index (κ2) is 17.2. The zero-order valence-corrected chi connectivity index (χ0v) is 34.7. The maximum absolute atomic E-state index is 14.3. The highest BCUT2D eigenvalue weighted by Crippen LogP contribution is 2.61. The monoisotopic (exact) mass is 784 g/mol. The maximum atomic E-state index is 14.3. The van der Waals surface area contributed by atoms with Gasteiger partial charge >= 0.3 is 0 Å². The Balaban J connectivity index is 1.29. The number of hydrogen-bond donors (Lipinski definition) is 4. The number of Topliss-reactive ketones (excluding diaryl/α,β-unsaturated/α-hetero) is 1. The summed E-state index contributed by atoms with van der Waals surface area (Å²) in [5.74, 6) is 0.302. The first kappa shape index (κ1) is 42.2. The molecule has 1 aliphatic heterocycles. The summed E-state index contributed by atoms with van der Waals surface area (Å²) in [6, 6.07) is 14.6. The number of likely N-dealkylation sites (N-methyl/N-ethyl adjacent to an activating group) is 1. The third-order valence-electron chi connectivity index (χ3n) is 12.8. The number of aliphatic hydroxyl groups excluding tert-OH is 2. The van der Waals surface area contributed by atoms with Gasteiger partial charge in [-0.05, 0) is 92.9 Å². The van der Waals surface area contributed by atoms with Crippen LogP contribution in [0.1, 0.15) is 66.9 Å². The topological polar surface area (TPSA) is 157 Å². The van der Waals surface area contributed by atoms with E-state index in [-0.39, 0.29) is 48.5 Å². The molecule has 2 amide bonds. The number of hydrogen-bond acceptors (Lipinski definition) is 11. The zero-order chi connectivity index (χ0) is 41.3. The SMILES string of the molecule is COc1c(CN2O[C@@H](CO)C(C(C)O)[C@H]2C(=O)N[C@H]2C[C@H]3C[C@@H]([C@@H]2C)C3(C)C)cccc1-c1cc(C(=O)N[C@@H](CN(C)C)C(=O)c2ccccn2)cc(N(C)C)c1. The molecule has 0 radical (unpaired) electrons. The van der Waals surface area contributed by atoms with Crippen molar-refractivity contribution >= 4 is 23.3 Å². The van der Waals surface area contributed by atoms with Gasteiger partial charge in [-0.25, -0.2) is 0 Å². The summed E-state index contributed by atoms with van der Waals surface area (Å²) >= 11 is 0. The zero-order valence-electron chi connectivity index (χ0n) is 34.7. The minimum absolute atomic E-state index is 0.0125. The number of aromatic nitrogens is 1. The average Bonchev–Trinajstić information content (AvgIpc) is 3.56. The summed E-state index contributed by atoms with van der Waals surface area (Å²) < 4.78 is 6.07. The number of benzene rings is 2. The first-order valence-corrected chi connectivity index (χ1v) is 20.0. The predicted octanol–water partition coefficient (Wildman–Crippen LogP) is 4.03. The standard InChI is InChI=1S/C44H60N6O7/c1-25-33-20-30(44(33,3)4)21-35(25)46-43(55)39-38(26(2)52)37(24-51)57-50(39)22-27-13-12-14-32(41(27)56-9)28-17-29(19-31(18-28)49(7)8)42(54)47-36(23-48(5)6)40(53)34-15-10-11-16-45-34/h10-19,25-26,30,33,35-39,51-52H,20-24H2,1-9H3,(H,46,55)(H,47,54)/t25-,26?,30+,33-,35-,36-,37-,38?,39-/m0/s1. The van der Waals surface area contributed by atoms with Gasteiger partial charge in [-0.15, -0.1) is 0 Å². The number of methoxy groups -OCH3 is 1. The Hall–Kier alpha value is -4.40. The number of amides is 2. The van der Waals surface area contributed by atoms with Gasteiger partial charge in [0, 0.05) is 61.2 Å². The smallest absolute Gasteiger partial charge is 0.252 e. The third-order valence-corrected chi connectivity index (χ3v) is 12.8. The van der Waals surface area contributed by atoms with Gasteiger partial charge < -0.3 is 35.4 Å². The lowest BCUT2D eigenvalue weighted by Crippen LogP contribution is -2.62. The van der Waals surface area contributed by atoms with Crippen molar-refractivity contribution in [2.45, 2.75) is 77.4 Å². The average molecular weight is 785 g/mol. The molecule has 4 fully saturated rings. The van der Waals surface area contributed by atoms with E-state index in [9.17, 15) is 24.6 Å². The van der Waals surface area contributed by atoms with E-state index < -0.39 is 36.1 Å². The summed E-state index contributed by atoms with van der Waals surface area (Å²) in [5.41, 5.74) is 3.75. The van der Waals surface area contributed by atoms with E-state index in [1.807, 2.05) is 62.3 Å². The lowest BCUT2D eigenvalue weighted by molar-refractivity contribution is -0.183. The number of carbonyl (C=O) groups is 3. The van der Waals surface area contributed by atoms with Gasteiger partial charge in [0.05, 0.1) is 26.4 Å². The van der Waals surface area contributed by atoms with E-state index >= 15 is 0 Å². The third kappa shape index (κ3) is 8.59. The van der Waals surface area contributed by atoms with Crippen LogP contribution in [0.2, 0.25) is 0 Å². The van der Waals surface area contributed by atoms with Crippen LogP contribution in [0.15, 0.2) is 60.8 Å². The number of nitrogens with one attached hydrogen (secondary N) is 2. The van der Waals surface area contributed by atoms with Crippen molar-refractivity contribution in [3.63, 3.8) is 0 Å². The molecule has 1 aromatic heterocycles. The Morgan fingerprint density at radius 1 is 1.07 bits per heavy atom. The summed E-state index contributed by atoms with van der Waals surface area (Å²) in [6.07, 6.45) is 1.93. The summed E-state index contributed by atoms with van der Waals surface area (Å²) in [6.45, 7) is 8.53. The molecule has 3 aromatic rings.